The van der Waals surface area contributed by atoms with Crippen LogP contribution < -0.4 is 21.0 Å². The molecule has 9 heteroatoms. The van der Waals surface area contributed by atoms with Crippen LogP contribution in [0.3, 0.4) is 0 Å². The van der Waals surface area contributed by atoms with Gasteiger partial charge in [0.1, 0.15) is 0 Å². The summed E-state index contributed by atoms with van der Waals surface area (Å²) >= 11 is 0. The third kappa shape index (κ3) is 3.42. The van der Waals surface area contributed by atoms with Crippen LogP contribution in [0, 0.1) is 0 Å². The van der Waals surface area contributed by atoms with Crippen LogP contribution in [0.4, 0.5) is 11.6 Å². The van der Waals surface area contributed by atoms with Gasteiger partial charge in [-0.2, -0.15) is 4.98 Å². The number of hydrogen-bond donors (Lipinski definition) is 0. The maximum atomic E-state index is 12.8. The van der Waals surface area contributed by atoms with Crippen LogP contribution in [-0.2, 0) is 20.6 Å². The van der Waals surface area contributed by atoms with Crippen molar-refractivity contribution in [2.24, 2.45) is 14.1 Å². The topological polar surface area (TPSA) is 71.5 Å². The number of para-hydroxylation sites is 1. The third-order valence-corrected chi connectivity index (χ3v) is 6.60. The van der Waals surface area contributed by atoms with Gasteiger partial charge in [0.05, 0.1) is 0 Å². The molecule has 2 aromatic heterocycles. The molecular formula is C22H29N7O2. The molecule has 9 nitrogen and oxygen atoms in total. The van der Waals surface area contributed by atoms with Gasteiger partial charge in [-0.3, -0.25) is 18.8 Å². The van der Waals surface area contributed by atoms with E-state index < -0.39 is 0 Å². The maximum Gasteiger partial charge on any atom is 0.332 e. The molecule has 1 fully saturated rings. The molecule has 0 unspecified atom stereocenters. The quantitative estimate of drug-likeness (QED) is 0.608. The summed E-state index contributed by atoms with van der Waals surface area (Å²) in [6.45, 7) is 7.63. The molecule has 0 bridgehead atoms. The Morgan fingerprint density at radius 2 is 1.61 bits per heavy atom. The first kappa shape index (κ1) is 19.9. The van der Waals surface area contributed by atoms with Crippen molar-refractivity contribution in [1.29, 1.82) is 0 Å². The smallest absolute Gasteiger partial charge is 0.332 e. The summed E-state index contributed by atoms with van der Waals surface area (Å²) in [6.07, 6.45) is 0.965. The van der Waals surface area contributed by atoms with Crippen LogP contribution in [0.15, 0.2) is 39.9 Å². The van der Waals surface area contributed by atoms with Gasteiger partial charge in [-0.15, -0.1) is 0 Å². The van der Waals surface area contributed by atoms with E-state index >= 15 is 0 Å². The minimum Gasteiger partial charge on any atom is -0.369 e. The molecule has 0 radical (unpaired) electrons. The molecule has 0 atom stereocenters. The fourth-order valence-electron chi connectivity index (χ4n) is 4.75. The Morgan fingerprint density at radius 1 is 0.871 bits per heavy atom. The largest absolute Gasteiger partial charge is 0.369 e. The highest BCUT2D eigenvalue weighted by Gasteiger charge is 2.26. The Morgan fingerprint density at radius 3 is 2.35 bits per heavy atom. The first-order chi connectivity index (χ1) is 15.0. The number of aryl methyl sites for hydroxylation is 2. The predicted molar refractivity (Wildman–Crippen MR) is 122 cm³/mol. The van der Waals surface area contributed by atoms with Crippen LogP contribution in [0.2, 0.25) is 0 Å². The van der Waals surface area contributed by atoms with Crippen molar-refractivity contribution in [3.63, 3.8) is 0 Å². The van der Waals surface area contributed by atoms with Crippen molar-refractivity contribution in [3.05, 3.63) is 51.2 Å². The van der Waals surface area contributed by atoms with E-state index in [4.69, 9.17) is 4.98 Å². The van der Waals surface area contributed by atoms with Crippen LogP contribution in [0.5, 0.6) is 0 Å². The van der Waals surface area contributed by atoms with Crippen molar-refractivity contribution in [2.45, 2.75) is 13.0 Å². The Bertz CT molecular complexity index is 1200. The number of benzene rings is 1. The van der Waals surface area contributed by atoms with Crippen molar-refractivity contribution in [3.8, 4) is 0 Å². The fourth-order valence-corrected chi connectivity index (χ4v) is 4.75. The molecule has 164 valence electrons. The summed E-state index contributed by atoms with van der Waals surface area (Å²) < 4.78 is 4.64. The summed E-state index contributed by atoms with van der Waals surface area (Å²) in [5, 5.41) is 0. The van der Waals surface area contributed by atoms with Gasteiger partial charge in [0.15, 0.2) is 11.2 Å². The van der Waals surface area contributed by atoms with E-state index in [1.54, 1.807) is 7.05 Å². The number of hydrogen-bond acceptors (Lipinski definition) is 6. The van der Waals surface area contributed by atoms with E-state index in [0.29, 0.717) is 11.2 Å². The molecule has 0 amide bonds. The zero-order chi connectivity index (χ0) is 21.5. The van der Waals surface area contributed by atoms with Crippen LogP contribution >= 0.6 is 0 Å². The van der Waals surface area contributed by atoms with Gasteiger partial charge < -0.3 is 14.4 Å². The first-order valence-electron chi connectivity index (χ1n) is 11.0. The monoisotopic (exact) mass is 423 g/mol. The van der Waals surface area contributed by atoms with Crippen LogP contribution in [0.1, 0.15) is 6.42 Å². The van der Waals surface area contributed by atoms with E-state index in [1.807, 2.05) is 4.57 Å². The standard InChI is InChI=1S/C22H29N7O2/c1-24-19-18(20(30)25(2)22(24)31)29-10-6-9-28(21(29)23-19)16-13-26-11-14-27(15-12-26)17-7-4-3-5-8-17/h3-5,7-8H,6,9-16H2,1-2H3. The first-order valence-corrected chi connectivity index (χ1v) is 11.0. The summed E-state index contributed by atoms with van der Waals surface area (Å²) in [5.41, 5.74) is 1.69. The molecule has 1 saturated heterocycles. The van der Waals surface area contributed by atoms with Gasteiger partial charge >= 0.3 is 5.69 Å². The van der Waals surface area contributed by atoms with Crippen LogP contribution in [-0.4, -0.2) is 69.4 Å². The summed E-state index contributed by atoms with van der Waals surface area (Å²) in [7, 11) is 3.21. The molecule has 4 heterocycles. The molecular weight excluding hydrogens is 394 g/mol. The number of rotatable bonds is 4. The number of fused-ring (bicyclic) bond motifs is 3. The molecule has 5 rings (SSSR count). The highest BCUT2D eigenvalue weighted by atomic mass is 16.2. The number of imidazole rings is 1. The van der Waals surface area contributed by atoms with Crippen molar-refractivity contribution in [1.82, 2.24) is 23.6 Å². The van der Waals surface area contributed by atoms with E-state index in [2.05, 4.69) is 45.0 Å². The van der Waals surface area contributed by atoms with E-state index in [9.17, 15) is 9.59 Å². The number of nitrogens with zero attached hydrogens (tertiary/aromatic N) is 7. The van der Waals surface area contributed by atoms with Gasteiger partial charge in [-0.1, -0.05) is 18.2 Å². The van der Waals surface area contributed by atoms with Gasteiger partial charge in [-0.25, -0.2) is 4.79 Å². The zero-order valence-electron chi connectivity index (χ0n) is 18.2. The van der Waals surface area contributed by atoms with Crippen molar-refractivity contribution >= 4 is 22.8 Å². The zero-order valence-corrected chi connectivity index (χ0v) is 18.2. The highest BCUT2D eigenvalue weighted by molar-refractivity contribution is 5.74. The lowest BCUT2D eigenvalue weighted by molar-refractivity contribution is 0.261. The number of anilines is 2. The minimum atomic E-state index is -0.337. The molecule has 0 spiro atoms. The fraction of sp³-hybridized carbons (Fsp3) is 0.500. The second-order valence-corrected chi connectivity index (χ2v) is 8.45. The number of piperazine rings is 1. The molecule has 2 aliphatic heterocycles. The highest BCUT2D eigenvalue weighted by Crippen LogP contribution is 2.24. The lowest BCUT2D eigenvalue weighted by atomic mass is 10.2. The molecule has 0 N–H and O–H groups in total. The normalized spacial score (nSPS) is 17.4. The van der Waals surface area contributed by atoms with Crippen LogP contribution in [0.25, 0.3) is 11.2 Å². The lowest BCUT2D eigenvalue weighted by Gasteiger charge is -2.37. The Balaban J connectivity index is 1.30. The van der Waals surface area contributed by atoms with Crippen molar-refractivity contribution in [2.75, 3.05) is 55.6 Å². The molecule has 2 aliphatic rings. The molecule has 0 saturated carbocycles. The Hall–Kier alpha value is -3.07. The van der Waals surface area contributed by atoms with Gasteiger partial charge in [0.25, 0.3) is 5.56 Å². The lowest BCUT2D eigenvalue weighted by Crippen LogP contribution is -2.49. The Labute approximate surface area is 180 Å². The average Bonchev–Trinajstić information content (AvgIpc) is 3.21. The average molecular weight is 424 g/mol. The van der Waals surface area contributed by atoms with Gasteiger partial charge in [0.2, 0.25) is 5.95 Å². The van der Waals surface area contributed by atoms with E-state index in [1.165, 1.54) is 21.9 Å². The maximum absolute atomic E-state index is 12.8. The van der Waals surface area contributed by atoms with E-state index in [0.717, 1.165) is 64.7 Å². The molecule has 0 aliphatic carbocycles. The SMILES string of the molecule is Cn1c(=O)c2c(nc3n2CCCN3CCN2CCN(c3ccccc3)CC2)n(C)c1=O. The molecule has 3 aromatic rings. The predicted octanol–water partition coefficient (Wildman–Crippen LogP) is 0.466. The Kier molecular flexibility index (Phi) is 5.05. The van der Waals surface area contributed by atoms with Gasteiger partial charge in [-0.05, 0) is 18.6 Å². The summed E-state index contributed by atoms with van der Waals surface area (Å²) in [6, 6.07) is 10.6. The summed E-state index contributed by atoms with van der Waals surface area (Å²) in [5.74, 6) is 0.808. The third-order valence-electron chi connectivity index (χ3n) is 6.60. The second kappa shape index (κ2) is 7.88. The second-order valence-electron chi connectivity index (χ2n) is 8.45. The molecule has 31 heavy (non-hydrogen) atoms. The summed E-state index contributed by atoms with van der Waals surface area (Å²) in [4.78, 5) is 37.0. The minimum absolute atomic E-state index is 0.268. The van der Waals surface area contributed by atoms with Gasteiger partial charge in [0, 0.05) is 72.1 Å². The number of aromatic nitrogens is 4. The molecule has 1 aromatic carbocycles. The van der Waals surface area contributed by atoms with Crippen molar-refractivity contribution < 1.29 is 0 Å². The van der Waals surface area contributed by atoms with E-state index in [-0.39, 0.29) is 11.2 Å².